The number of pyridine rings is 2. The predicted molar refractivity (Wildman–Crippen MR) is 146 cm³/mol. The second-order valence-corrected chi connectivity index (χ2v) is 10.4. The molecule has 2 fully saturated rings. The standard InChI is InChI=1S/C30H29FN6O4/c31-24-12-19(14-32)15-33-27(24)18-41-22-3-1-2-21(13-22)20-6-9-36(10-7-20)17-28-34-25-4-5-26(30(38)39)35-29(25)37(28)16-23-8-11-40-23/h1-5,12-13,15,20,23H,6-11,16-18H2,(H,38,39)/t23-/m0/s1. The first kappa shape index (κ1) is 26.8. The number of imidazole rings is 1. The number of aromatic nitrogens is 4. The number of hydrogen-bond donors (Lipinski definition) is 1. The number of halogens is 1. The molecule has 41 heavy (non-hydrogen) atoms. The number of ether oxygens (including phenoxy) is 2. The number of likely N-dealkylation sites (tertiary alicyclic amines) is 1. The Kier molecular flexibility index (Phi) is 7.59. The Labute approximate surface area is 236 Å². The van der Waals surface area contributed by atoms with E-state index < -0.39 is 11.8 Å². The summed E-state index contributed by atoms with van der Waals surface area (Å²) in [6.07, 6.45) is 4.31. The molecule has 2 aliphatic heterocycles. The smallest absolute Gasteiger partial charge is 0.354 e. The molecule has 5 heterocycles. The van der Waals surface area contributed by atoms with Gasteiger partial charge in [0.1, 0.15) is 41.3 Å². The lowest BCUT2D eigenvalue weighted by atomic mass is 9.89. The molecule has 0 bridgehead atoms. The van der Waals surface area contributed by atoms with Crippen LogP contribution in [0.4, 0.5) is 4.39 Å². The molecule has 1 atom stereocenters. The number of carbonyl (C=O) groups is 1. The third-order valence-corrected chi connectivity index (χ3v) is 7.77. The summed E-state index contributed by atoms with van der Waals surface area (Å²) in [5, 5.41) is 18.3. The highest BCUT2D eigenvalue weighted by Gasteiger charge is 2.26. The number of nitriles is 1. The molecule has 0 spiro atoms. The summed E-state index contributed by atoms with van der Waals surface area (Å²) in [5.41, 5.74) is 2.78. The monoisotopic (exact) mass is 556 g/mol. The van der Waals surface area contributed by atoms with Crippen LogP contribution in [0, 0.1) is 17.1 Å². The van der Waals surface area contributed by atoms with E-state index >= 15 is 0 Å². The summed E-state index contributed by atoms with van der Waals surface area (Å²) in [5.74, 6) is 0.260. The lowest BCUT2D eigenvalue weighted by Crippen LogP contribution is -2.35. The van der Waals surface area contributed by atoms with Gasteiger partial charge in [-0.15, -0.1) is 0 Å². The largest absolute Gasteiger partial charge is 0.487 e. The van der Waals surface area contributed by atoms with Crippen LogP contribution in [-0.4, -0.2) is 61.3 Å². The van der Waals surface area contributed by atoms with Crippen molar-refractivity contribution in [3.8, 4) is 11.8 Å². The molecule has 0 radical (unpaired) electrons. The summed E-state index contributed by atoms with van der Waals surface area (Å²) in [4.78, 5) is 27.1. The molecular weight excluding hydrogens is 527 g/mol. The molecule has 0 aliphatic carbocycles. The van der Waals surface area contributed by atoms with E-state index in [1.54, 1.807) is 6.07 Å². The van der Waals surface area contributed by atoms with Crippen LogP contribution in [0.1, 0.15) is 58.3 Å². The Morgan fingerprint density at radius 2 is 2.00 bits per heavy atom. The number of rotatable bonds is 9. The third kappa shape index (κ3) is 5.89. The fourth-order valence-electron chi connectivity index (χ4n) is 5.38. The number of nitrogens with zero attached hydrogens (tertiary/aromatic N) is 6. The minimum Gasteiger partial charge on any atom is -0.487 e. The average Bonchev–Trinajstić information content (AvgIpc) is 3.30. The SMILES string of the molecule is N#Cc1cnc(COc2cccc(C3CCN(Cc4nc5ccc(C(=O)O)nc5n4C[C@@H]4CCO4)CC3)c2)c(F)c1. The van der Waals surface area contributed by atoms with Crippen LogP contribution < -0.4 is 4.74 Å². The van der Waals surface area contributed by atoms with Crippen molar-refractivity contribution in [2.24, 2.45) is 0 Å². The molecule has 6 rings (SSSR count). The van der Waals surface area contributed by atoms with E-state index in [0.717, 1.165) is 50.8 Å². The minimum atomic E-state index is -1.06. The van der Waals surface area contributed by atoms with Gasteiger partial charge < -0.3 is 19.1 Å². The maximum absolute atomic E-state index is 14.2. The number of aromatic carboxylic acids is 1. The number of benzene rings is 1. The molecule has 210 valence electrons. The number of carboxylic acid groups (broad SMARTS) is 1. The van der Waals surface area contributed by atoms with Gasteiger partial charge in [0.25, 0.3) is 0 Å². The van der Waals surface area contributed by atoms with Crippen LogP contribution in [-0.2, 0) is 24.4 Å². The summed E-state index contributed by atoms with van der Waals surface area (Å²) in [6.45, 7) is 3.73. The Hall–Kier alpha value is -4.40. The molecule has 1 aromatic carbocycles. The van der Waals surface area contributed by atoms with Crippen molar-refractivity contribution < 1.29 is 23.8 Å². The van der Waals surface area contributed by atoms with Gasteiger partial charge in [-0.2, -0.15) is 5.26 Å². The van der Waals surface area contributed by atoms with Crippen molar-refractivity contribution in [2.45, 2.75) is 51.0 Å². The predicted octanol–water partition coefficient (Wildman–Crippen LogP) is 4.28. The zero-order chi connectivity index (χ0) is 28.3. The summed E-state index contributed by atoms with van der Waals surface area (Å²) >= 11 is 0. The lowest BCUT2D eigenvalue weighted by Gasteiger charge is -2.32. The van der Waals surface area contributed by atoms with E-state index in [0.29, 0.717) is 35.9 Å². The van der Waals surface area contributed by atoms with Gasteiger partial charge >= 0.3 is 5.97 Å². The van der Waals surface area contributed by atoms with Gasteiger partial charge in [0, 0.05) is 12.8 Å². The quantitative estimate of drug-likeness (QED) is 0.321. The molecule has 2 aliphatic rings. The maximum atomic E-state index is 14.2. The highest BCUT2D eigenvalue weighted by molar-refractivity contribution is 5.88. The zero-order valence-electron chi connectivity index (χ0n) is 22.4. The maximum Gasteiger partial charge on any atom is 0.354 e. The summed E-state index contributed by atoms with van der Waals surface area (Å²) < 4.78 is 27.7. The molecule has 2 saturated heterocycles. The van der Waals surface area contributed by atoms with E-state index in [9.17, 15) is 14.3 Å². The molecule has 4 aromatic rings. The van der Waals surface area contributed by atoms with E-state index in [1.165, 1.54) is 17.8 Å². The van der Waals surface area contributed by atoms with Crippen LogP contribution in [0.2, 0.25) is 0 Å². The van der Waals surface area contributed by atoms with E-state index in [-0.39, 0.29) is 29.7 Å². The second-order valence-electron chi connectivity index (χ2n) is 10.4. The molecule has 1 N–H and O–H groups in total. The van der Waals surface area contributed by atoms with Gasteiger partial charge in [-0.1, -0.05) is 12.1 Å². The van der Waals surface area contributed by atoms with E-state index in [1.807, 2.05) is 28.8 Å². The van der Waals surface area contributed by atoms with Gasteiger partial charge in [0.15, 0.2) is 11.3 Å². The fourth-order valence-corrected chi connectivity index (χ4v) is 5.38. The van der Waals surface area contributed by atoms with Crippen molar-refractivity contribution in [3.05, 3.63) is 82.8 Å². The highest BCUT2D eigenvalue weighted by Crippen LogP contribution is 2.31. The molecule has 11 heteroatoms. The lowest BCUT2D eigenvalue weighted by molar-refractivity contribution is -0.0593. The van der Waals surface area contributed by atoms with Gasteiger partial charge in [-0.05, 0) is 74.2 Å². The second kappa shape index (κ2) is 11.6. The van der Waals surface area contributed by atoms with Crippen LogP contribution in [0.15, 0.2) is 48.7 Å². The van der Waals surface area contributed by atoms with Gasteiger partial charge in [-0.3, -0.25) is 9.88 Å². The number of piperidine rings is 1. The average molecular weight is 557 g/mol. The highest BCUT2D eigenvalue weighted by atomic mass is 19.1. The van der Waals surface area contributed by atoms with E-state index in [4.69, 9.17) is 19.7 Å². The van der Waals surface area contributed by atoms with Crippen molar-refractivity contribution in [1.29, 1.82) is 5.26 Å². The third-order valence-electron chi connectivity index (χ3n) is 7.77. The number of fused-ring (bicyclic) bond motifs is 1. The first-order valence-corrected chi connectivity index (χ1v) is 13.7. The molecule has 10 nitrogen and oxygen atoms in total. The zero-order valence-corrected chi connectivity index (χ0v) is 22.4. The first-order valence-electron chi connectivity index (χ1n) is 13.7. The molecule has 3 aromatic heterocycles. The molecule has 0 amide bonds. The molecular formula is C30H29FN6O4. The minimum absolute atomic E-state index is 0.00468. The Morgan fingerprint density at radius 1 is 1.17 bits per heavy atom. The van der Waals surface area contributed by atoms with Crippen molar-refractivity contribution in [2.75, 3.05) is 19.7 Å². The topological polar surface area (TPSA) is 126 Å². The Balaban J connectivity index is 1.10. The van der Waals surface area contributed by atoms with E-state index in [2.05, 4.69) is 20.9 Å². The van der Waals surface area contributed by atoms with Crippen molar-refractivity contribution >= 4 is 17.1 Å². The first-order chi connectivity index (χ1) is 20.0. The van der Waals surface area contributed by atoms with Crippen LogP contribution in [0.5, 0.6) is 5.75 Å². The number of hydrogen-bond acceptors (Lipinski definition) is 8. The fraction of sp³-hybridized carbons (Fsp3) is 0.367. The normalized spacial score (nSPS) is 17.7. The Bertz CT molecular complexity index is 1620. The molecule has 0 unspecified atom stereocenters. The van der Waals surface area contributed by atoms with Crippen LogP contribution in [0.3, 0.4) is 0 Å². The summed E-state index contributed by atoms with van der Waals surface area (Å²) in [7, 11) is 0. The van der Waals surface area contributed by atoms with Gasteiger partial charge in [0.2, 0.25) is 0 Å². The van der Waals surface area contributed by atoms with Gasteiger partial charge in [-0.25, -0.2) is 19.2 Å². The van der Waals surface area contributed by atoms with Crippen molar-refractivity contribution in [1.82, 2.24) is 24.4 Å². The van der Waals surface area contributed by atoms with Crippen LogP contribution >= 0.6 is 0 Å². The van der Waals surface area contributed by atoms with Crippen LogP contribution in [0.25, 0.3) is 11.2 Å². The summed E-state index contributed by atoms with van der Waals surface area (Å²) in [6, 6.07) is 14.1. The van der Waals surface area contributed by atoms with Gasteiger partial charge in [0.05, 0.1) is 24.8 Å². The Morgan fingerprint density at radius 3 is 2.71 bits per heavy atom. The number of carboxylic acids is 1. The van der Waals surface area contributed by atoms with Crippen molar-refractivity contribution in [3.63, 3.8) is 0 Å². The molecule has 0 saturated carbocycles.